The second kappa shape index (κ2) is 5.58. The number of hydrogen-bond donors (Lipinski definition) is 0. The summed E-state index contributed by atoms with van der Waals surface area (Å²) in [5, 5.41) is -0.207. The molecular formula is C13H11BrN2O3S2. The van der Waals surface area contributed by atoms with Crippen LogP contribution in [0.5, 0.6) is 0 Å². The summed E-state index contributed by atoms with van der Waals surface area (Å²) < 4.78 is 5.57. The quantitative estimate of drug-likeness (QED) is 0.572. The monoisotopic (exact) mass is 386 g/mol. The molecule has 2 unspecified atom stereocenters. The number of rotatable bonds is 2. The second-order valence-electron chi connectivity index (χ2n) is 4.54. The normalized spacial score (nSPS) is 24.5. The Morgan fingerprint density at radius 1 is 1.48 bits per heavy atom. The molecule has 0 N–H and O–H groups in total. The van der Waals surface area contributed by atoms with Gasteiger partial charge in [0.25, 0.3) is 5.91 Å². The van der Waals surface area contributed by atoms with E-state index in [0.29, 0.717) is 16.6 Å². The Labute approximate surface area is 139 Å². The number of nitrogens with zero attached hydrogens (tertiary/aromatic N) is 2. The van der Waals surface area contributed by atoms with E-state index in [1.54, 1.807) is 4.90 Å². The van der Waals surface area contributed by atoms with Crippen molar-refractivity contribution in [1.82, 2.24) is 4.90 Å². The van der Waals surface area contributed by atoms with Crippen LogP contribution >= 0.6 is 39.9 Å². The van der Waals surface area contributed by atoms with E-state index in [4.69, 9.17) is 17.0 Å². The van der Waals surface area contributed by atoms with Crippen LogP contribution in [0.2, 0.25) is 0 Å². The second-order valence-corrected chi connectivity index (χ2v) is 6.87. The van der Waals surface area contributed by atoms with Gasteiger partial charge in [-0.2, -0.15) is 0 Å². The maximum absolute atomic E-state index is 12.6. The summed E-state index contributed by atoms with van der Waals surface area (Å²) in [6.07, 6.45) is 0. The Kier molecular flexibility index (Phi) is 3.94. The van der Waals surface area contributed by atoms with E-state index in [2.05, 4.69) is 15.9 Å². The first-order valence-corrected chi connectivity index (χ1v) is 8.41. The number of methoxy groups -OCH3 is 1. The van der Waals surface area contributed by atoms with Gasteiger partial charge in [-0.1, -0.05) is 12.1 Å². The number of halogens is 1. The number of fused-ring (bicyclic) bond motifs is 1. The van der Waals surface area contributed by atoms with Crippen molar-refractivity contribution < 1.29 is 14.3 Å². The van der Waals surface area contributed by atoms with Gasteiger partial charge in [0.1, 0.15) is 6.04 Å². The van der Waals surface area contributed by atoms with Gasteiger partial charge in [0.2, 0.25) is 0 Å². The van der Waals surface area contributed by atoms with Gasteiger partial charge in [-0.25, -0.2) is 4.79 Å². The molecule has 5 nitrogen and oxygen atoms in total. The molecule has 2 saturated heterocycles. The molecular weight excluding hydrogens is 376 g/mol. The topological polar surface area (TPSA) is 49.9 Å². The van der Waals surface area contributed by atoms with Crippen molar-refractivity contribution in [2.24, 2.45) is 0 Å². The van der Waals surface area contributed by atoms with Gasteiger partial charge in [-0.3, -0.25) is 9.69 Å². The van der Waals surface area contributed by atoms with E-state index in [1.165, 1.54) is 23.8 Å². The number of carbonyl (C=O) groups excluding carboxylic acids is 2. The van der Waals surface area contributed by atoms with Crippen molar-refractivity contribution in [3.63, 3.8) is 0 Å². The van der Waals surface area contributed by atoms with Crippen LogP contribution in [-0.4, -0.2) is 46.2 Å². The van der Waals surface area contributed by atoms with Gasteiger partial charge in [-0.05, 0) is 40.3 Å². The predicted octanol–water partition coefficient (Wildman–Crippen LogP) is 2.00. The number of thioether (sulfide) groups is 1. The van der Waals surface area contributed by atoms with Crippen LogP contribution in [0.25, 0.3) is 0 Å². The Morgan fingerprint density at radius 3 is 2.86 bits per heavy atom. The molecule has 1 aromatic rings. The number of hydrogen-bond acceptors (Lipinski definition) is 5. The summed E-state index contributed by atoms with van der Waals surface area (Å²) in [4.78, 5) is 27.6. The Bertz CT molecular complexity index is 640. The Balaban J connectivity index is 1.97. The molecule has 0 radical (unpaired) electrons. The van der Waals surface area contributed by atoms with Crippen LogP contribution in [-0.2, 0) is 14.3 Å². The lowest BCUT2D eigenvalue weighted by atomic mass is 10.2. The fourth-order valence-corrected chi connectivity index (χ4v) is 4.68. The number of benzene rings is 1. The van der Waals surface area contributed by atoms with Crippen molar-refractivity contribution in [1.29, 1.82) is 0 Å². The SMILES string of the molecule is COC(=O)C1SCC2C(=O)N(c3ccccc3Br)C(=S)N21. The average molecular weight is 387 g/mol. The van der Waals surface area contributed by atoms with Gasteiger partial charge in [0.05, 0.1) is 12.8 Å². The molecule has 0 bridgehead atoms. The Hall–Kier alpha value is -1.12. The first kappa shape index (κ1) is 14.8. The molecule has 2 heterocycles. The zero-order valence-corrected chi connectivity index (χ0v) is 14.2. The third kappa shape index (κ3) is 2.25. The number of amides is 1. The van der Waals surface area contributed by atoms with Gasteiger partial charge >= 0.3 is 5.97 Å². The summed E-state index contributed by atoms with van der Waals surface area (Å²) >= 11 is 10.2. The van der Waals surface area contributed by atoms with E-state index in [-0.39, 0.29) is 11.9 Å². The largest absolute Gasteiger partial charge is 0.467 e. The highest BCUT2D eigenvalue weighted by atomic mass is 79.9. The lowest BCUT2D eigenvalue weighted by Gasteiger charge is -2.23. The molecule has 2 fully saturated rings. The molecule has 0 spiro atoms. The van der Waals surface area contributed by atoms with E-state index >= 15 is 0 Å². The average Bonchev–Trinajstić information content (AvgIpc) is 3.01. The molecule has 0 aromatic heterocycles. The molecule has 3 rings (SSSR count). The van der Waals surface area contributed by atoms with Crippen molar-refractivity contribution >= 4 is 62.6 Å². The molecule has 2 aliphatic heterocycles. The fourth-order valence-electron chi connectivity index (χ4n) is 2.43. The van der Waals surface area contributed by atoms with Gasteiger partial charge in [0.15, 0.2) is 10.5 Å². The lowest BCUT2D eigenvalue weighted by Crippen LogP contribution is -2.41. The number of carbonyl (C=O) groups is 2. The minimum absolute atomic E-state index is 0.106. The first-order chi connectivity index (χ1) is 10.1. The third-order valence-electron chi connectivity index (χ3n) is 3.41. The van der Waals surface area contributed by atoms with E-state index < -0.39 is 11.4 Å². The number of ether oxygens (including phenoxy) is 1. The predicted molar refractivity (Wildman–Crippen MR) is 88.1 cm³/mol. The highest BCUT2D eigenvalue weighted by molar-refractivity contribution is 9.10. The number of esters is 1. The fraction of sp³-hybridized carbons (Fsp3) is 0.308. The summed E-state index contributed by atoms with van der Waals surface area (Å²) in [7, 11) is 1.34. The Morgan fingerprint density at radius 2 is 2.19 bits per heavy atom. The van der Waals surface area contributed by atoms with Crippen LogP contribution in [0.4, 0.5) is 5.69 Å². The minimum Gasteiger partial charge on any atom is -0.467 e. The standard InChI is InChI=1S/C13H11BrN2O3S2/c1-19-12(18)11-16-9(6-21-11)10(17)15(13(16)20)8-5-3-2-4-7(8)14/h2-5,9,11H,6H2,1H3. The van der Waals surface area contributed by atoms with E-state index in [9.17, 15) is 9.59 Å². The van der Waals surface area contributed by atoms with Gasteiger partial charge in [-0.15, -0.1) is 11.8 Å². The smallest absolute Gasteiger partial charge is 0.339 e. The van der Waals surface area contributed by atoms with Crippen molar-refractivity contribution in [2.45, 2.75) is 11.4 Å². The molecule has 21 heavy (non-hydrogen) atoms. The van der Waals surface area contributed by atoms with Crippen LogP contribution in [0.3, 0.4) is 0 Å². The first-order valence-electron chi connectivity index (χ1n) is 6.16. The van der Waals surface area contributed by atoms with Crippen LogP contribution in [0.1, 0.15) is 0 Å². The number of thiocarbonyl (C=S) groups is 1. The van der Waals surface area contributed by atoms with Crippen molar-refractivity contribution in [3.05, 3.63) is 28.7 Å². The van der Waals surface area contributed by atoms with Crippen LogP contribution in [0.15, 0.2) is 28.7 Å². The zero-order chi connectivity index (χ0) is 15.1. The number of para-hydroxylation sites is 1. The minimum atomic E-state index is -0.552. The molecule has 0 saturated carbocycles. The highest BCUT2D eigenvalue weighted by Crippen LogP contribution is 2.39. The summed E-state index contributed by atoms with van der Waals surface area (Å²) in [5.74, 6) is 0.0390. The summed E-state index contributed by atoms with van der Waals surface area (Å²) in [6.45, 7) is 0. The van der Waals surface area contributed by atoms with E-state index in [1.807, 2.05) is 24.3 Å². The summed E-state index contributed by atoms with van der Waals surface area (Å²) in [5.41, 5.74) is 0.690. The maximum atomic E-state index is 12.6. The van der Waals surface area contributed by atoms with Gasteiger partial charge < -0.3 is 9.64 Å². The molecule has 110 valence electrons. The van der Waals surface area contributed by atoms with Gasteiger partial charge in [0, 0.05) is 10.2 Å². The van der Waals surface area contributed by atoms with Crippen LogP contribution in [0, 0.1) is 0 Å². The van der Waals surface area contributed by atoms with Crippen molar-refractivity contribution in [3.8, 4) is 0 Å². The molecule has 0 aliphatic carbocycles. The van der Waals surface area contributed by atoms with E-state index in [0.717, 1.165) is 4.47 Å². The van der Waals surface area contributed by atoms with Crippen LogP contribution < -0.4 is 4.90 Å². The zero-order valence-electron chi connectivity index (χ0n) is 11.0. The molecule has 8 heteroatoms. The molecule has 1 amide bonds. The van der Waals surface area contributed by atoms with Crippen molar-refractivity contribution in [2.75, 3.05) is 17.8 Å². The molecule has 1 aromatic carbocycles. The molecule has 2 atom stereocenters. The maximum Gasteiger partial charge on any atom is 0.339 e. The highest BCUT2D eigenvalue weighted by Gasteiger charge is 2.53. The number of anilines is 1. The molecule has 2 aliphatic rings. The lowest BCUT2D eigenvalue weighted by molar-refractivity contribution is -0.142. The third-order valence-corrected chi connectivity index (χ3v) is 5.72. The summed E-state index contributed by atoms with van der Waals surface area (Å²) in [6, 6.07) is 6.97.